The van der Waals surface area contributed by atoms with Crippen LogP contribution in [0.3, 0.4) is 0 Å². The minimum atomic E-state index is -0.911. The number of rotatable bonds is 7. The number of pyridine rings is 1. The third kappa shape index (κ3) is 6.26. The Morgan fingerprint density at radius 1 is 0.794 bits per heavy atom. The minimum absolute atomic E-state index is 0.204. The number of carbonyl (C=O) groups excluding carboxylic acids is 4. The second-order valence-electron chi connectivity index (χ2n) is 7.48. The first-order valence-corrected chi connectivity index (χ1v) is 10.7. The molecule has 1 aromatic heterocycles. The Morgan fingerprint density at radius 3 is 2.12 bits per heavy atom. The molecule has 4 N–H and O–H groups in total. The highest BCUT2D eigenvalue weighted by molar-refractivity contribution is 6.09. The lowest BCUT2D eigenvalue weighted by Gasteiger charge is -2.18. The molecular formula is C25H25N5O4. The maximum absolute atomic E-state index is 12.9. The van der Waals surface area contributed by atoms with Gasteiger partial charge in [0.05, 0.1) is 11.3 Å². The van der Waals surface area contributed by atoms with E-state index in [1.807, 2.05) is 19.1 Å². The highest BCUT2D eigenvalue weighted by atomic mass is 16.2. The number of hydrogen-bond acceptors (Lipinski definition) is 5. The lowest BCUT2D eigenvalue weighted by Crippen LogP contribution is -2.52. The van der Waals surface area contributed by atoms with Gasteiger partial charge in [-0.15, -0.1) is 0 Å². The van der Waals surface area contributed by atoms with Gasteiger partial charge in [-0.05, 0) is 49.7 Å². The zero-order valence-corrected chi connectivity index (χ0v) is 18.8. The van der Waals surface area contributed by atoms with E-state index in [0.29, 0.717) is 16.8 Å². The molecule has 9 nitrogen and oxygen atoms in total. The van der Waals surface area contributed by atoms with Gasteiger partial charge in [-0.3, -0.25) is 35.0 Å². The van der Waals surface area contributed by atoms with Crippen LogP contribution < -0.4 is 21.5 Å². The maximum Gasteiger partial charge on any atom is 0.269 e. The number of amides is 4. The number of hydrazine groups is 1. The van der Waals surface area contributed by atoms with Crippen molar-refractivity contribution in [3.8, 4) is 0 Å². The summed E-state index contributed by atoms with van der Waals surface area (Å²) in [6.07, 6.45) is 3.20. The van der Waals surface area contributed by atoms with E-state index < -0.39 is 23.8 Å². The SMILES string of the molecule is CC[C@@H](NC(=O)c1ccccc1NC(=O)c1ccc(C)cc1)C(=O)NNC(=O)c1ccncc1. The topological polar surface area (TPSA) is 129 Å². The van der Waals surface area contributed by atoms with Gasteiger partial charge in [0.25, 0.3) is 23.6 Å². The van der Waals surface area contributed by atoms with Gasteiger partial charge in [-0.1, -0.05) is 36.8 Å². The lowest BCUT2D eigenvalue weighted by molar-refractivity contribution is -0.123. The summed E-state index contributed by atoms with van der Waals surface area (Å²) in [5.74, 6) is -1.99. The minimum Gasteiger partial charge on any atom is -0.340 e. The number of benzene rings is 2. The number of nitrogens with zero attached hydrogens (tertiary/aromatic N) is 1. The van der Waals surface area contributed by atoms with E-state index in [1.54, 1.807) is 43.3 Å². The molecule has 0 fully saturated rings. The Labute approximate surface area is 197 Å². The molecular weight excluding hydrogens is 434 g/mol. The van der Waals surface area contributed by atoms with E-state index >= 15 is 0 Å². The predicted molar refractivity (Wildman–Crippen MR) is 127 cm³/mol. The number of carbonyl (C=O) groups is 4. The Kier molecular flexibility index (Phi) is 8.07. The van der Waals surface area contributed by atoms with Crippen LogP contribution in [-0.4, -0.2) is 34.7 Å². The third-order valence-corrected chi connectivity index (χ3v) is 5.01. The van der Waals surface area contributed by atoms with Crippen LogP contribution in [0.2, 0.25) is 0 Å². The fourth-order valence-electron chi connectivity index (χ4n) is 3.06. The van der Waals surface area contributed by atoms with E-state index in [4.69, 9.17) is 0 Å². The molecule has 9 heteroatoms. The molecule has 3 aromatic rings. The lowest BCUT2D eigenvalue weighted by atomic mass is 10.1. The van der Waals surface area contributed by atoms with Gasteiger partial charge in [-0.2, -0.15) is 0 Å². The van der Waals surface area contributed by atoms with Gasteiger partial charge in [0, 0.05) is 23.5 Å². The van der Waals surface area contributed by atoms with E-state index in [9.17, 15) is 19.2 Å². The molecule has 0 spiro atoms. The van der Waals surface area contributed by atoms with Crippen molar-refractivity contribution in [1.29, 1.82) is 0 Å². The highest BCUT2D eigenvalue weighted by Gasteiger charge is 2.22. The van der Waals surface area contributed by atoms with Crippen molar-refractivity contribution in [2.24, 2.45) is 0 Å². The molecule has 0 aliphatic heterocycles. The fourth-order valence-corrected chi connectivity index (χ4v) is 3.06. The highest BCUT2D eigenvalue weighted by Crippen LogP contribution is 2.17. The molecule has 1 atom stereocenters. The van der Waals surface area contributed by atoms with Gasteiger partial charge in [0.15, 0.2) is 0 Å². The monoisotopic (exact) mass is 459 g/mol. The summed E-state index contributed by atoms with van der Waals surface area (Å²) in [6, 6.07) is 15.7. The number of aromatic nitrogens is 1. The molecule has 3 rings (SSSR count). The molecule has 4 amide bonds. The smallest absolute Gasteiger partial charge is 0.269 e. The molecule has 2 aromatic carbocycles. The van der Waals surface area contributed by atoms with Crippen LogP contribution in [0.15, 0.2) is 73.1 Å². The first-order valence-electron chi connectivity index (χ1n) is 10.7. The standard InChI is InChI=1S/C25H25N5O4/c1-3-20(25(34)30-29-23(32)18-12-14-26-15-13-18)27-24(33)19-6-4-5-7-21(19)28-22(31)17-10-8-16(2)9-11-17/h4-15,20H,3H2,1-2H3,(H,27,33)(H,28,31)(H,29,32)(H,30,34)/t20-/m1/s1. The van der Waals surface area contributed by atoms with Crippen molar-refractivity contribution < 1.29 is 19.2 Å². The molecule has 1 heterocycles. The molecule has 0 saturated heterocycles. The van der Waals surface area contributed by atoms with Gasteiger partial charge in [-0.25, -0.2) is 0 Å². The Bertz CT molecular complexity index is 1180. The number of para-hydroxylation sites is 1. The van der Waals surface area contributed by atoms with E-state index in [-0.39, 0.29) is 17.9 Å². The van der Waals surface area contributed by atoms with E-state index in [2.05, 4.69) is 26.5 Å². The summed E-state index contributed by atoms with van der Waals surface area (Å²) in [5.41, 5.74) is 6.95. The summed E-state index contributed by atoms with van der Waals surface area (Å²) in [6.45, 7) is 3.65. The summed E-state index contributed by atoms with van der Waals surface area (Å²) in [7, 11) is 0. The number of anilines is 1. The molecule has 0 aliphatic carbocycles. The predicted octanol–water partition coefficient (Wildman–Crippen LogP) is 2.61. The van der Waals surface area contributed by atoms with Gasteiger partial charge >= 0.3 is 0 Å². The summed E-state index contributed by atoms with van der Waals surface area (Å²) < 4.78 is 0. The van der Waals surface area contributed by atoms with Crippen LogP contribution in [0.5, 0.6) is 0 Å². The van der Waals surface area contributed by atoms with Crippen molar-refractivity contribution in [1.82, 2.24) is 21.2 Å². The van der Waals surface area contributed by atoms with Crippen molar-refractivity contribution >= 4 is 29.3 Å². The summed E-state index contributed by atoms with van der Waals surface area (Å²) in [5, 5.41) is 5.39. The third-order valence-electron chi connectivity index (χ3n) is 5.01. The largest absolute Gasteiger partial charge is 0.340 e. The quantitative estimate of drug-likeness (QED) is 0.404. The van der Waals surface area contributed by atoms with Crippen LogP contribution in [0, 0.1) is 6.92 Å². The normalized spacial score (nSPS) is 11.1. The van der Waals surface area contributed by atoms with E-state index in [0.717, 1.165) is 5.56 Å². The van der Waals surface area contributed by atoms with Crippen molar-refractivity contribution in [3.63, 3.8) is 0 Å². The zero-order valence-electron chi connectivity index (χ0n) is 18.8. The Morgan fingerprint density at radius 2 is 1.44 bits per heavy atom. The molecule has 34 heavy (non-hydrogen) atoms. The number of hydrogen-bond donors (Lipinski definition) is 4. The van der Waals surface area contributed by atoms with Gasteiger partial charge < -0.3 is 10.6 Å². The summed E-state index contributed by atoms with van der Waals surface area (Å²) in [4.78, 5) is 54.0. The fraction of sp³-hybridized carbons (Fsp3) is 0.160. The molecule has 0 aliphatic rings. The number of aryl methyl sites for hydroxylation is 1. The molecule has 0 unspecified atom stereocenters. The Balaban J connectivity index is 1.64. The molecule has 0 radical (unpaired) electrons. The summed E-state index contributed by atoms with van der Waals surface area (Å²) >= 11 is 0. The molecule has 0 bridgehead atoms. The number of nitrogens with one attached hydrogen (secondary N) is 4. The van der Waals surface area contributed by atoms with Crippen LogP contribution in [0.4, 0.5) is 5.69 Å². The van der Waals surface area contributed by atoms with Crippen molar-refractivity contribution in [3.05, 3.63) is 95.3 Å². The average Bonchev–Trinajstić information content (AvgIpc) is 2.86. The first kappa shape index (κ1) is 24.1. The zero-order chi connectivity index (χ0) is 24.5. The maximum atomic E-state index is 12.9. The van der Waals surface area contributed by atoms with Gasteiger partial charge in [0.1, 0.15) is 6.04 Å². The molecule has 174 valence electrons. The van der Waals surface area contributed by atoms with Crippen LogP contribution in [0.25, 0.3) is 0 Å². The van der Waals surface area contributed by atoms with Crippen LogP contribution in [0.1, 0.15) is 50.0 Å². The van der Waals surface area contributed by atoms with Crippen LogP contribution in [-0.2, 0) is 4.79 Å². The Hall–Kier alpha value is -4.53. The second-order valence-corrected chi connectivity index (χ2v) is 7.48. The van der Waals surface area contributed by atoms with E-state index in [1.165, 1.54) is 24.5 Å². The molecule has 0 saturated carbocycles. The van der Waals surface area contributed by atoms with Crippen molar-refractivity contribution in [2.75, 3.05) is 5.32 Å². The van der Waals surface area contributed by atoms with Crippen LogP contribution >= 0.6 is 0 Å². The first-order chi connectivity index (χ1) is 16.4. The van der Waals surface area contributed by atoms with Crippen molar-refractivity contribution in [2.45, 2.75) is 26.3 Å². The average molecular weight is 460 g/mol. The second kappa shape index (κ2) is 11.4. The van der Waals surface area contributed by atoms with Gasteiger partial charge in [0.2, 0.25) is 0 Å².